The number of aromatic nitrogens is 1. The summed E-state index contributed by atoms with van der Waals surface area (Å²) < 4.78 is 0. The van der Waals surface area contributed by atoms with E-state index in [4.69, 9.17) is 28.9 Å². The third kappa shape index (κ3) is 1.73. The lowest BCUT2D eigenvalue weighted by Crippen LogP contribution is -2.05. The quantitative estimate of drug-likeness (QED) is 0.785. The van der Waals surface area contributed by atoms with Crippen molar-refractivity contribution >= 4 is 34.1 Å². The predicted molar refractivity (Wildman–Crippen MR) is 65.7 cm³/mol. The summed E-state index contributed by atoms with van der Waals surface area (Å²) in [5.74, 6) is 0. The van der Waals surface area contributed by atoms with Gasteiger partial charge in [0.15, 0.2) is 0 Å². The van der Waals surface area contributed by atoms with Crippen LogP contribution in [0.4, 0.5) is 0 Å². The van der Waals surface area contributed by atoms with Gasteiger partial charge in [-0.15, -0.1) is 0 Å². The number of aromatic amines is 1. The van der Waals surface area contributed by atoms with Gasteiger partial charge in [-0.2, -0.15) is 0 Å². The van der Waals surface area contributed by atoms with Crippen LogP contribution in [-0.2, 0) is 0 Å². The molecule has 80 valence electrons. The Morgan fingerprint density at radius 2 is 2.00 bits per heavy atom. The van der Waals surface area contributed by atoms with Crippen molar-refractivity contribution in [2.45, 2.75) is 19.9 Å². The molecule has 2 nitrogen and oxygen atoms in total. The van der Waals surface area contributed by atoms with Gasteiger partial charge in [0.1, 0.15) is 0 Å². The van der Waals surface area contributed by atoms with Crippen molar-refractivity contribution in [3.63, 3.8) is 0 Å². The molecule has 0 aliphatic rings. The molecule has 0 fully saturated rings. The lowest BCUT2D eigenvalue weighted by molar-refractivity contribution is 0.817. The number of fused-ring (bicyclic) bond motifs is 1. The Kier molecular flexibility index (Phi) is 2.67. The van der Waals surface area contributed by atoms with Crippen LogP contribution in [0.3, 0.4) is 0 Å². The van der Waals surface area contributed by atoms with E-state index >= 15 is 0 Å². The van der Waals surface area contributed by atoms with Crippen LogP contribution in [-0.4, -0.2) is 4.98 Å². The molecular weight excluding hydrogens is 231 g/mol. The second kappa shape index (κ2) is 3.71. The van der Waals surface area contributed by atoms with Crippen LogP contribution in [0.1, 0.15) is 24.2 Å². The van der Waals surface area contributed by atoms with Gasteiger partial charge in [-0.3, -0.25) is 0 Å². The van der Waals surface area contributed by atoms with E-state index < -0.39 is 0 Å². The van der Waals surface area contributed by atoms with Crippen molar-refractivity contribution in [1.29, 1.82) is 0 Å². The molecule has 0 saturated carbocycles. The molecule has 3 N–H and O–H groups in total. The zero-order valence-corrected chi connectivity index (χ0v) is 10.1. The molecule has 2 rings (SSSR count). The van der Waals surface area contributed by atoms with Gasteiger partial charge in [0.05, 0.1) is 10.5 Å². The first kappa shape index (κ1) is 10.8. The molecule has 1 unspecified atom stereocenters. The average Bonchev–Trinajstić information content (AvgIpc) is 2.41. The van der Waals surface area contributed by atoms with E-state index in [9.17, 15) is 0 Å². The van der Waals surface area contributed by atoms with Crippen molar-refractivity contribution in [3.05, 3.63) is 33.4 Å². The maximum atomic E-state index is 6.10. The first-order valence-corrected chi connectivity index (χ1v) is 5.49. The van der Waals surface area contributed by atoms with E-state index in [0.717, 1.165) is 22.2 Å². The Labute approximate surface area is 98.4 Å². The molecule has 0 aliphatic carbocycles. The summed E-state index contributed by atoms with van der Waals surface area (Å²) in [6.45, 7) is 3.94. The topological polar surface area (TPSA) is 41.8 Å². The van der Waals surface area contributed by atoms with Crippen molar-refractivity contribution in [1.82, 2.24) is 4.98 Å². The summed E-state index contributed by atoms with van der Waals surface area (Å²) in [7, 11) is 0. The highest BCUT2D eigenvalue weighted by atomic mass is 35.5. The summed E-state index contributed by atoms with van der Waals surface area (Å²) in [5, 5.41) is 2.28. The minimum Gasteiger partial charge on any atom is -0.357 e. The standard InChI is InChI=1S/C11H12Cl2N2/c1-5(14)10-6(2)15-11-8(10)3-7(12)4-9(11)13/h3-5,15H,14H2,1-2H3. The molecule has 1 aromatic carbocycles. The van der Waals surface area contributed by atoms with E-state index in [-0.39, 0.29) is 6.04 Å². The number of H-pyrrole nitrogens is 1. The molecule has 0 saturated heterocycles. The number of nitrogens with two attached hydrogens (primary N) is 1. The molecule has 0 aliphatic heterocycles. The van der Waals surface area contributed by atoms with Gasteiger partial charge in [0.2, 0.25) is 0 Å². The summed E-state index contributed by atoms with van der Waals surface area (Å²) in [4.78, 5) is 3.23. The second-order valence-corrected chi connectivity index (χ2v) is 4.61. The molecule has 1 aromatic heterocycles. The van der Waals surface area contributed by atoms with Crippen LogP contribution in [0.5, 0.6) is 0 Å². The fourth-order valence-electron chi connectivity index (χ4n) is 1.96. The first-order valence-electron chi connectivity index (χ1n) is 4.73. The third-order valence-electron chi connectivity index (χ3n) is 2.52. The monoisotopic (exact) mass is 242 g/mol. The highest BCUT2D eigenvalue weighted by Crippen LogP contribution is 2.33. The minimum atomic E-state index is -0.0340. The van der Waals surface area contributed by atoms with Gasteiger partial charge in [-0.05, 0) is 31.5 Å². The maximum Gasteiger partial charge on any atom is 0.0662 e. The van der Waals surface area contributed by atoms with Gasteiger partial charge in [-0.25, -0.2) is 0 Å². The van der Waals surface area contributed by atoms with E-state index in [1.807, 2.05) is 19.9 Å². The van der Waals surface area contributed by atoms with Gasteiger partial charge < -0.3 is 10.7 Å². The molecule has 4 heteroatoms. The number of hydrogen-bond donors (Lipinski definition) is 2. The smallest absolute Gasteiger partial charge is 0.0662 e. The minimum absolute atomic E-state index is 0.0340. The van der Waals surface area contributed by atoms with E-state index in [2.05, 4.69) is 4.98 Å². The second-order valence-electron chi connectivity index (χ2n) is 3.76. The van der Waals surface area contributed by atoms with E-state index in [0.29, 0.717) is 10.0 Å². The van der Waals surface area contributed by atoms with E-state index in [1.165, 1.54) is 0 Å². The Morgan fingerprint density at radius 1 is 1.33 bits per heavy atom. The van der Waals surface area contributed by atoms with Crippen LogP contribution >= 0.6 is 23.2 Å². The lowest BCUT2D eigenvalue weighted by Gasteiger charge is -2.05. The number of hydrogen-bond acceptors (Lipinski definition) is 1. The molecule has 1 atom stereocenters. The van der Waals surface area contributed by atoms with Crippen molar-refractivity contribution in [2.75, 3.05) is 0 Å². The Hall–Kier alpha value is -0.700. The number of rotatable bonds is 1. The summed E-state index contributed by atoms with van der Waals surface area (Å²) in [6, 6.07) is 3.59. The normalized spacial score (nSPS) is 13.4. The molecular formula is C11H12Cl2N2. The average molecular weight is 243 g/mol. The Balaban J connectivity index is 2.86. The number of aryl methyl sites for hydroxylation is 1. The SMILES string of the molecule is Cc1[nH]c2c(Cl)cc(Cl)cc2c1C(C)N. The van der Waals surface area contributed by atoms with Crippen LogP contribution in [0.25, 0.3) is 10.9 Å². The highest BCUT2D eigenvalue weighted by molar-refractivity contribution is 6.38. The molecule has 0 bridgehead atoms. The number of nitrogens with one attached hydrogen (secondary N) is 1. The van der Waals surface area contributed by atoms with Crippen molar-refractivity contribution in [2.24, 2.45) is 5.73 Å². The Bertz CT molecular complexity index is 515. The fourth-order valence-corrected chi connectivity index (χ4v) is 2.50. The number of halogens is 2. The van der Waals surface area contributed by atoms with Crippen LogP contribution in [0.2, 0.25) is 10.0 Å². The van der Waals surface area contributed by atoms with Gasteiger partial charge in [-0.1, -0.05) is 23.2 Å². The molecule has 15 heavy (non-hydrogen) atoms. The molecule has 0 spiro atoms. The Morgan fingerprint density at radius 3 is 2.60 bits per heavy atom. The van der Waals surface area contributed by atoms with Crippen molar-refractivity contribution in [3.8, 4) is 0 Å². The van der Waals surface area contributed by atoms with Gasteiger partial charge in [0, 0.05) is 22.1 Å². The molecule has 2 aromatic rings. The number of benzene rings is 1. The molecule has 0 radical (unpaired) electrons. The highest BCUT2D eigenvalue weighted by Gasteiger charge is 2.14. The predicted octanol–water partition coefficient (Wildman–Crippen LogP) is 3.80. The lowest BCUT2D eigenvalue weighted by atomic mass is 10.1. The zero-order valence-electron chi connectivity index (χ0n) is 8.57. The van der Waals surface area contributed by atoms with Gasteiger partial charge in [0.25, 0.3) is 0 Å². The zero-order chi connectivity index (χ0) is 11.2. The molecule has 0 amide bonds. The summed E-state index contributed by atoms with van der Waals surface area (Å²) in [6.07, 6.45) is 0. The van der Waals surface area contributed by atoms with E-state index in [1.54, 1.807) is 6.07 Å². The third-order valence-corrected chi connectivity index (χ3v) is 3.03. The van der Waals surface area contributed by atoms with Crippen LogP contribution in [0.15, 0.2) is 12.1 Å². The van der Waals surface area contributed by atoms with Crippen LogP contribution < -0.4 is 5.73 Å². The first-order chi connectivity index (χ1) is 7.00. The van der Waals surface area contributed by atoms with Crippen LogP contribution in [0, 0.1) is 6.92 Å². The maximum absolute atomic E-state index is 6.10. The fraction of sp³-hybridized carbons (Fsp3) is 0.273. The summed E-state index contributed by atoms with van der Waals surface area (Å²) >= 11 is 12.1. The summed E-state index contributed by atoms with van der Waals surface area (Å²) in [5.41, 5.74) is 8.95. The molecule has 1 heterocycles. The van der Waals surface area contributed by atoms with Crippen molar-refractivity contribution < 1.29 is 0 Å². The largest absolute Gasteiger partial charge is 0.357 e. The van der Waals surface area contributed by atoms with Gasteiger partial charge >= 0.3 is 0 Å².